The van der Waals surface area contributed by atoms with Crippen LogP contribution >= 0.6 is 0 Å². The zero-order valence-corrected chi connectivity index (χ0v) is 11.7. The maximum absolute atomic E-state index is 12.3. The molecule has 1 heterocycles. The highest BCUT2D eigenvalue weighted by atomic mass is 16.5. The predicted molar refractivity (Wildman–Crippen MR) is 76.3 cm³/mol. The van der Waals surface area contributed by atoms with Gasteiger partial charge in [0.25, 0.3) is 5.91 Å². The SMILES string of the molecule is CCCCCN1C(=O)C(C)Oc2ccc(CN)cc21. The summed E-state index contributed by atoms with van der Waals surface area (Å²) in [5.41, 5.74) is 7.55. The van der Waals surface area contributed by atoms with Crippen molar-refractivity contribution in [2.75, 3.05) is 11.4 Å². The van der Waals surface area contributed by atoms with Crippen LogP contribution in [-0.4, -0.2) is 18.6 Å². The van der Waals surface area contributed by atoms with E-state index < -0.39 is 6.10 Å². The van der Waals surface area contributed by atoms with Gasteiger partial charge in [-0.1, -0.05) is 25.8 Å². The standard InChI is InChI=1S/C15H22N2O2/c1-3-4-5-8-17-13-9-12(10-16)6-7-14(13)19-11(2)15(17)18/h6-7,9,11H,3-5,8,10,16H2,1-2H3. The van der Waals surface area contributed by atoms with E-state index in [1.54, 1.807) is 6.92 Å². The average Bonchev–Trinajstić information content (AvgIpc) is 2.43. The Balaban J connectivity index is 2.27. The molecule has 0 bridgehead atoms. The minimum atomic E-state index is -0.405. The first-order valence-electron chi connectivity index (χ1n) is 6.98. The van der Waals surface area contributed by atoms with Crippen molar-refractivity contribution < 1.29 is 9.53 Å². The van der Waals surface area contributed by atoms with Gasteiger partial charge in [0.15, 0.2) is 6.10 Å². The highest BCUT2D eigenvalue weighted by molar-refractivity contribution is 5.99. The van der Waals surface area contributed by atoms with Crippen LogP contribution in [0.4, 0.5) is 5.69 Å². The number of hydrogen-bond acceptors (Lipinski definition) is 3. The average molecular weight is 262 g/mol. The number of anilines is 1. The molecule has 1 unspecified atom stereocenters. The van der Waals surface area contributed by atoms with E-state index in [1.807, 2.05) is 23.1 Å². The van der Waals surface area contributed by atoms with Crippen molar-refractivity contribution in [3.8, 4) is 5.75 Å². The molecule has 2 N–H and O–H groups in total. The van der Waals surface area contributed by atoms with Crippen molar-refractivity contribution in [2.45, 2.75) is 45.8 Å². The molecule has 1 atom stereocenters. The minimum absolute atomic E-state index is 0.0396. The third-order valence-electron chi connectivity index (χ3n) is 3.45. The molecule has 1 aliphatic rings. The van der Waals surface area contributed by atoms with E-state index in [4.69, 9.17) is 10.5 Å². The smallest absolute Gasteiger partial charge is 0.267 e. The fourth-order valence-corrected chi connectivity index (χ4v) is 2.33. The van der Waals surface area contributed by atoms with Gasteiger partial charge < -0.3 is 15.4 Å². The second kappa shape index (κ2) is 6.06. The van der Waals surface area contributed by atoms with Gasteiger partial charge in [0, 0.05) is 13.1 Å². The van der Waals surface area contributed by atoms with Crippen molar-refractivity contribution in [3.63, 3.8) is 0 Å². The van der Waals surface area contributed by atoms with E-state index in [0.717, 1.165) is 42.8 Å². The van der Waals surface area contributed by atoms with Crippen LogP contribution in [0, 0.1) is 0 Å². The third kappa shape index (κ3) is 2.89. The van der Waals surface area contributed by atoms with Gasteiger partial charge in [0.05, 0.1) is 5.69 Å². The first-order chi connectivity index (χ1) is 9.17. The molecule has 0 saturated carbocycles. The number of benzene rings is 1. The summed E-state index contributed by atoms with van der Waals surface area (Å²) in [4.78, 5) is 14.1. The van der Waals surface area contributed by atoms with Crippen LogP contribution in [0.15, 0.2) is 18.2 Å². The van der Waals surface area contributed by atoms with E-state index in [2.05, 4.69) is 6.92 Å². The molecule has 1 aromatic rings. The lowest BCUT2D eigenvalue weighted by Gasteiger charge is -2.33. The maximum Gasteiger partial charge on any atom is 0.267 e. The van der Waals surface area contributed by atoms with Crippen molar-refractivity contribution in [1.29, 1.82) is 0 Å². The number of carbonyl (C=O) groups excluding carboxylic acids is 1. The molecule has 19 heavy (non-hydrogen) atoms. The van der Waals surface area contributed by atoms with Crippen LogP contribution in [0.3, 0.4) is 0 Å². The molecule has 0 aliphatic carbocycles. The van der Waals surface area contributed by atoms with E-state index >= 15 is 0 Å². The highest BCUT2D eigenvalue weighted by Gasteiger charge is 2.31. The van der Waals surface area contributed by atoms with Gasteiger partial charge in [0.2, 0.25) is 0 Å². The van der Waals surface area contributed by atoms with Crippen molar-refractivity contribution in [3.05, 3.63) is 23.8 Å². The molecule has 0 radical (unpaired) electrons. The zero-order valence-electron chi connectivity index (χ0n) is 11.7. The summed E-state index contributed by atoms with van der Waals surface area (Å²) >= 11 is 0. The van der Waals surface area contributed by atoms with Gasteiger partial charge >= 0.3 is 0 Å². The van der Waals surface area contributed by atoms with Crippen LogP contribution in [0.5, 0.6) is 5.75 Å². The number of fused-ring (bicyclic) bond motifs is 1. The Morgan fingerprint density at radius 1 is 1.37 bits per heavy atom. The van der Waals surface area contributed by atoms with Crippen molar-refractivity contribution >= 4 is 11.6 Å². The van der Waals surface area contributed by atoms with Crippen LogP contribution < -0.4 is 15.4 Å². The van der Waals surface area contributed by atoms with Crippen molar-refractivity contribution in [1.82, 2.24) is 0 Å². The third-order valence-corrected chi connectivity index (χ3v) is 3.45. The topological polar surface area (TPSA) is 55.6 Å². The van der Waals surface area contributed by atoms with E-state index in [9.17, 15) is 4.79 Å². The molecule has 4 nitrogen and oxygen atoms in total. The quantitative estimate of drug-likeness (QED) is 0.829. The summed E-state index contributed by atoms with van der Waals surface area (Å²) in [6.07, 6.45) is 2.88. The number of carbonyl (C=O) groups is 1. The largest absolute Gasteiger partial charge is 0.479 e. The number of nitrogens with zero attached hydrogens (tertiary/aromatic N) is 1. The van der Waals surface area contributed by atoms with Crippen LogP contribution in [0.1, 0.15) is 38.7 Å². The van der Waals surface area contributed by atoms with Gasteiger partial charge in [-0.3, -0.25) is 4.79 Å². The molecule has 1 aliphatic heterocycles. The molecule has 2 rings (SSSR count). The highest BCUT2D eigenvalue weighted by Crippen LogP contribution is 2.35. The second-order valence-corrected chi connectivity index (χ2v) is 4.96. The predicted octanol–water partition coefficient (Wildman–Crippen LogP) is 2.45. The summed E-state index contributed by atoms with van der Waals surface area (Å²) in [5, 5.41) is 0. The number of rotatable bonds is 5. The summed E-state index contributed by atoms with van der Waals surface area (Å²) in [6.45, 7) is 5.18. The lowest BCUT2D eigenvalue weighted by Crippen LogP contribution is -2.45. The van der Waals surface area contributed by atoms with Gasteiger partial charge in [-0.15, -0.1) is 0 Å². The molecule has 104 valence electrons. The molecular weight excluding hydrogens is 240 g/mol. The maximum atomic E-state index is 12.3. The minimum Gasteiger partial charge on any atom is -0.479 e. The molecule has 0 saturated heterocycles. The Bertz CT molecular complexity index is 459. The Morgan fingerprint density at radius 3 is 2.84 bits per heavy atom. The Hall–Kier alpha value is -1.55. The molecule has 0 aromatic heterocycles. The van der Waals surface area contributed by atoms with E-state index in [-0.39, 0.29) is 5.91 Å². The van der Waals surface area contributed by atoms with Crippen molar-refractivity contribution in [2.24, 2.45) is 5.73 Å². The first kappa shape index (κ1) is 13.9. The van der Waals surface area contributed by atoms with E-state index in [0.29, 0.717) is 6.54 Å². The van der Waals surface area contributed by atoms with Crippen LogP contribution in [-0.2, 0) is 11.3 Å². The first-order valence-corrected chi connectivity index (χ1v) is 6.98. The Labute approximate surface area is 114 Å². The van der Waals surface area contributed by atoms with Gasteiger partial charge in [0.1, 0.15) is 5.75 Å². The number of amides is 1. The number of nitrogens with two attached hydrogens (primary N) is 1. The summed E-state index contributed by atoms with van der Waals surface area (Å²) in [5.74, 6) is 0.818. The molecule has 0 fully saturated rings. The zero-order chi connectivity index (χ0) is 13.8. The summed E-state index contributed by atoms with van der Waals surface area (Å²) in [6, 6.07) is 5.82. The summed E-state index contributed by atoms with van der Waals surface area (Å²) < 4.78 is 5.65. The number of hydrogen-bond donors (Lipinski definition) is 1. The number of unbranched alkanes of at least 4 members (excludes halogenated alkanes) is 2. The van der Waals surface area contributed by atoms with Crippen LogP contribution in [0.25, 0.3) is 0 Å². The van der Waals surface area contributed by atoms with Gasteiger partial charge in [-0.2, -0.15) is 0 Å². The Morgan fingerprint density at radius 2 is 2.16 bits per heavy atom. The number of ether oxygens (including phenoxy) is 1. The molecule has 4 heteroatoms. The molecule has 0 spiro atoms. The molecular formula is C15H22N2O2. The Kier molecular flexibility index (Phi) is 4.43. The fourth-order valence-electron chi connectivity index (χ4n) is 2.33. The normalized spacial score (nSPS) is 18.2. The lowest BCUT2D eigenvalue weighted by atomic mass is 10.1. The fraction of sp³-hybridized carbons (Fsp3) is 0.533. The molecule has 1 amide bonds. The lowest BCUT2D eigenvalue weighted by molar-refractivity contribution is -0.125. The van der Waals surface area contributed by atoms with Gasteiger partial charge in [-0.25, -0.2) is 0 Å². The monoisotopic (exact) mass is 262 g/mol. The van der Waals surface area contributed by atoms with E-state index in [1.165, 1.54) is 0 Å². The van der Waals surface area contributed by atoms with Crippen LogP contribution in [0.2, 0.25) is 0 Å². The molecule has 1 aromatic carbocycles. The van der Waals surface area contributed by atoms with Gasteiger partial charge in [-0.05, 0) is 31.0 Å². The summed E-state index contributed by atoms with van der Waals surface area (Å²) in [7, 11) is 0. The second-order valence-electron chi connectivity index (χ2n) is 4.96.